The molecule has 0 aromatic heterocycles. The van der Waals surface area contributed by atoms with Crippen molar-refractivity contribution in [2.24, 2.45) is 0 Å². The molecule has 0 aliphatic rings. The van der Waals surface area contributed by atoms with E-state index in [4.69, 9.17) is 0 Å². The van der Waals surface area contributed by atoms with Gasteiger partial charge >= 0.3 is 0 Å². The molecule has 0 aliphatic heterocycles. The number of hydrogen-bond donors (Lipinski definition) is 2. The Morgan fingerprint density at radius 1 is 0.463 bits per heavy atom. The minimum Gasteiger partial charge on any atom is -0.507 e. The van der Waals surface area contributed by atoms with Gasteiger partial charge in [-0.15, -0.1) is 0 Å². The van der Waals surface area contributed by atoms with Crippen LogP contribution in [0, 0.1) is 20.8 Å². The Kier molecular flexibility index (Phi) is 8.66. The summed E-state index contributed by atoms with van der Waals surface area (Å²) in [5.41, 5.74) is 12.6. The summed E-state index contributed by atoms with van der Waals surface area (Å²) in [4.78, 5) is 0. The molecule has 0 aliphatic carbocycles. The maximum atomic E-state index is 11.2. The van der Waals surface area contributed by atoms with E-state index in [9.17, 15) is 10.2 Å². The maximum Gasteiger partial charge on any atom is 0.123 e. The first kappa shape index (κ1) is 32.8. The summed E-state index contributed by atoms with van der Waals surface area (Å²) in [7, 11) is 0. The molecule has 0 saturated carbocycles. The van der Waals surface area contributed by atoms with E-state index in [1.165, 1.54) is 38.9 Å². The van der Waals surface area contributed by atoms with Gasteiger partial charge in [0.05, 0.1) is 0 Å². The molecule has 0 fully saturated rings. The van der Waals surface area contributed by atoms with Crippen LogP contribution in [0.15, 0.2) is 30.3 Å². The fraction of sp³-hybridized carbons (Fsp3) is 0.538. The molecular formula is C39H56O2. The fourth-order valence-electron chi connectivity index (χ4n) is 5.98. The third-order valence-electron chi connectivity index (χ3n) is 8.71. The first-order chi connectivity index (χ1) is 18.4. The summed E-state index contributed by atoms with van der Waals surface area (Å²) in [6.45, 7) is 32.8. The average Bonchev–Trinajstić information content (AvgIpc) is 2.79. The monoisotopic (exact) mass is 556 g/mol. The molecule has 0 heterocycles. The first-order valence-electron chi connectivity index (χ1n) is 15.2. The lowest BCUT2D eigenvalue weighted by Gasteiger charge is -2.29. The van der Waals surface area contributed by atoms with Gasteiger partial charge in [0.2, 0.25) is 0 Å². The van der Waals surface area contributed by atoms with Crippen molar-refractivity contribution in [2.45, 2.75) is 138 Å². The van der Waals surface area contributed by atoms with Gasteiger partial charge in [-0.25, -0.2) is 0 Å². The number of rotatable bonds is 4. The molecule has 41 heavy (non-hydrogen) atoms. The van der Waals surface area contributed by atoms with Crippen LogP contribution in [0.25, 0.3) is 0 Å². The number of aromatic hydroxyl groups is 2. The Bertz CT molecular complexity index is 1370. The maximum absolute atomic E-state index is 11.2. The Morgan fingerprint density at radius 3 is 1.10 bits per heavy atom. The van der Waals surface area contributed by atoms with Crippen LogP contribution in [0.4, 0.5) is 0 Å². The number of phenolic OH excluding ortho intramolecular Hbond substituents is 2. The third-order valence-corrected chi connectivity index (χ3v) is 8.71. The molecule has 0 unspecified atom stereocenters. The summed E-state index contributed by atoms with van der Waals surface area (Å²) in [6, 6.07) is 11.2. The van der Waals surface area contributed by atoms with Gasteiger partial charge in [-0.05, 0) is 116 Å². The highest BCUT2D eigenvalue weighted by atomic mass is 16.3. The molecule has 2 heteroatoms. The van der Waals surface area contributed by atoms with Crippen LogP contribution in [0.3, 0.4) is 0 Å². The van der Waals surface area contributed by atoms with Crippen LogP contribution < -0.4 is 0 Å². The van der Waals surface area contributed by atoms with Crippen LogP contribution in [0.1, 0.15) is 144 Å². The summed E-state index contributed by atoms with van der Waals surface area (Å²) in [6.07, 6.45) is 1.68. The van der Waals surface area contributed by atoms with Gasteiger partial charge in [0, 0.05) is 0 Å². The molecule has 0 saturated heterocycles. The number of benzene rings is 3. The predicted molar refractivity (Wildman–Crippen MR) is 177 cm³/mol. The van der Waals surface area contributed by atoms with E-state index < -0.39 is 0 Å². The van der Waals surface area contributed by atoms with Gasteiger partial charge in [-0.2, -0.15) is 0 Å². The van der Waals surface area contributed by atoms with Crippen molar-refractivity contribution in [3.63, 3.8) is 0 Å². The highest BCUT2D eigenvalue weighted by Gasteiger charge is 2.28. The highest BCUT2D eigenvalue weighted by Crippen LogP contribution is 2.42. The summed E-state index contributed by atoms with van der Waals surface area (Å²) in [5.74, 6) is 0.873. The van der Waals surface area contributed by atoms with E-state index >= 15 is 0 Å². The Morgan fingerprint density at radius 2 is 0.780 bits per heavy atom. The molecule has 224 valence electrons. The lowest BCUT2D eigenvalue weighted by molar-refractivity contribution is 0.422. The number of hydrogen-bond acceptors (Lipinski definition) is 2. The van der Waals surface area contributed by atoms with Crippen LogP contribution >= 0.6 is 0 Å². The van der Waals surface area contributed by atoms with E-state index in [0.717, 1.165) is 35.1 Å². The average molecular weight is 557 g/mol. The van der Waals surface area contributed by atoms with Crippen LogP contribution in [-0.4, -0.2) is 10.2 Å². The minimum atomic E-state index is -0.147. The molecule has 3 aromatic rings. The third kappa shape index (κ3) is 7.02. The van der Waals surface area contributed by atoms with Crippen LogP contribution in [-0.2, 0) is 34.5 Å². The van der Waals surface area contributed by atoms with Gasteiger partial charge in [0.1, 0.15) is 11.5 Å². The quantitative estimate of drug-likeness (QED) is 0.335. The van der Waals surface area contributed by atoms with Crippen molar-refractivity contribution < 1.29 is 10.2 Å². The largest absolute Gasteiger partial charge is 0.507 e. The topological polar surface area (TPSA) is 40.5 Å². The first-order valence-corrected chi connectivity index (χ1v) is 15.2. The second-order valence-corrected chi connectivity index (χ2v) is 16.5. The summed E-state index contributed by atoms with van der Waals surface area (Å²) >= 11 is 0. The van der Waals surface area contributed by atoms with Gasteiger partial charge in [0.25, 0.3) is 0 Å². The van der Waals surface area contributed by atoms with Crippen molar-refractivity contribution in [1.29, 1.82) is 0 Å². The van der Waals surface area contributed by atoms with Crippen molar-refractivity contribution in [3.05, 3.63) is 91.5 Å². The number of phenols is 2. The Balaban J connectivity index is 2.11. The van der Waals surface area contributed by atoms with Crippen molar-refractivity contribution >= 4 is 0 Å². The van der Waals surface area contributed by atoms with E-state index in [1.54, 1.807) is 0 Å². The SMILES string of the molecule is Cc1cc(Cc2cc(C(C)(C)C)c(O)c(C(C)(C)C)c2)c(C)c(C)c1Cc1cc(C(C)(C)C)c(O)c(C(C)(C)C)c1. The lowest BCUT2D eigenvalue weighted by Crippen LogP contribution is -2.18. The normalized spacial score (nSPS) is 13.1. The fourth-order valence-corrected chi connectivity index (χ4v) is 5.98. The zero-order valence-corrected chi connectivity index (χ0v) is 28.7. The molecule has 0 bridgehead atoms. The van der Waals surface area contributed by atoms with Crippen molar-refractivity contribution in [3.8, 4) is 11.5 Å². The minimum absolute atomic E-state index is 0.146. The molecule has 0 spiro atoms. The molecule has 0 amide bonds. The van der Waals surface area contributed by atoms with Crippen LogP contribution in [0.2, 0.25) is 0 Å². The summed E-state index contributed by atoms with van der Waals surface area (Å²) < 4.78 is 0. The van der Waals surface area contributed by atoms with E-state index in [1.807, 2.05) is 0 Å². The summed E-state index contributed by atoms with van der Waals surface area (Å²) in [5, 5.41) is 22.4. The van der Waals surface area contributed by atoms with E-state index in [0.29, 0.717) is 11.5 Å². The molecule has 0 atom stereocenters. The van der Waals surface area contributed by atoms with E-state index in [2.05, 4.69) is 134 Å². The standard InChI is InChI=1S/C39H56O2/c1-23-16-28(17-26-19-30(36(4,5)6)34(40)31(20-26)37(7,8)9)24(2)25(3)29(23)18-27-21-32(38(10,11)12)35(41)33(22-27)39(13,14)15/h16,19-22,40-41H,17-18H2,1-15H3. The van der Waals surface area contributed by atoms with Gasteiger partial charge < -0.3 is 10.2 Å². The molecule has 3 rings (SSSR count). The lowest BCUT2D eigenvalue weighted by atomic mass is 9.77. The van der Waals surface area contributed by atoms with Gasteiger partial charge in [0.15, 0.2) is 0 Å². The zero-order valence-electron chi connectivity index (χ0n) is 28.7. The zero-order chi connectivity index (χ0) is 31.5. The molecule has 0 radical (unpaired) electrons. The predicted octanol–water partition coefficient (Wildman–Crippen LogP) is 10.4. The second kappa shape index (κ2) is 10.8. The van der Waals surface area contributed by atoms with Crippen LogP contribution in [0.5, 0.6) is 11.5 Å². The molecule has 2 nitrogen and oxygen atoms in total. The number of aryl methyl sites for hydroxylation is 1. The smallest absolute Gasteiger partial charge is 0.123 e. The Labute approximate surface area is 251 Å². The highest BCUT2D eigenvalue weighted by molar-refractivity contribution is 5.55. The Hall–Kier alpha value is -2.74. The van der Waals surface area contributed by atoms with Crippen molar-refractivity contribution in [1.82, 2.24) is 0 Å². The van der Waals surface area contributed by atoms with Crippen molar-refractivity contribution in [2.75, 3.05) is 0 Å². The van der Waals surface area contributed by atoms with E-state index in [-0.39, 0.29) is 21.7 Å². The van der Waals surface area contributed by atoms with Gasteiger partial charge in [-0.3, -0.25) is 0 Å². The molecule has 3 aromatic carbocycles. The van der Waals surface area contributed by atoms with Gasteiger partial charge in [-0.1, -0.05) is 113 Å². The molecular weight excluding hydrogens is 500 g/mol. The second-order valence-electron chi connectivity index (χ2n) is 16.5. The molecule has 2 N–H and O–H groups in total.